The van der Waals surface area contributed by atoms with Crippen LogP contribution in [0.3, 0.4) is 0 Å². The number of carbonyl (C=O) groups is 1. The number of benzene rings is 1. The van der Waals surface area contributed by atoms with Gasteiger partial charge < -0.3 is 10.1 Å². The summed E-state index contributed by atoms with van der Waals surface area (Å²) < 4.78 is 6.26. The Morgan fingerprint density at radius 1 is 1.22 bits per heavy atom. The number of hydrogen-bond acceptors (Lipinski definition) is 3. The maximum Gasteiger partial charge on any atom is 0.170 e. The van der Waals surface area contributed by atoms with Gasteiger partial charge in [0, 0.05) is 12.8 Å². The second-order valence-corrected chi connectivity index (χ2v) is 5.59. The molecule has 1 saturated heterocycles. The Kier molecular flexibility index (Phi) is 2.67. The van der Waals surface area contributed by atoms with Gasteiger partial charge in [-0.2, -0.15) is 0 Å². The zero-order valence-electron chi connectivity index (χ0n) is 11.0. The molecule has 0 unspecified atom stereocenters. The van der Waals surface area contributed by atoms with Crippen LogP contribution in [0.15, 0.2) is 12.1 Å². The molecule has 0 saturated carbocycles. The second kappa shape index (κ2) is 4.09. The first-order chi connectivity index (χ1) is 8.60. The lowest BCUT2D eigenvalue weighted by Crippen LogP contribution is -2.49. The van der Waals surface area contributed by atoms with E-state index in [2.05, 4.69) is 11.4 Å². The maximum atomic E-state index is 12.4. The van der Waals surface area contributed by atoms with E-state index in [0.29, 0.717) is 6.42 Å². The standard InChI is InChI=1S/C15H19NO2/c1-10-7-11(2)14-12(8-10)13(17)9-15(18-14)3-5-16-6-4-15/h7-8,16H,3-6,9H2,1-2H3. The molecule has 0 aliphatic carbocycles. The third-order valence-electron chi connectivity index (χ3n) is 4.04. The molecule has 1 spiro atoms. The molecule has 0 amide bonds. The summed E-state index contributed by atoms with van der Waals surface area (Å²) in [7, 11) is 0. The van der Waals surface area contributed by atoms with Crippen molar-refractivity contribution in [2.45, 2.75) is 38.7 Å². The molecule has 0 atom stereocenters. The normalized spacial score (nSPS) is 21.6. The number of aryl methyl sites for hydroxylation is 2. The summed E-state index contributed by atoms with van der Waals surface area (Å²) in [6.07, 6.45) is 2.38. The number of rotatable bonds is 0. The van der Waals surface area contributed by atoms with Crippen molar-refractivity contribution in [1.29, 1.82) is 0 Å². The number of hydrogen-bond donors (Lipinski definition) is 1. The number of Topliss-reactive ketones (excluding diaryl/α,β-unsaturated/α-hetero) is 1. The van der Waals surface area contributed by atoms with Crippen molar-refractivity contribution in [2.24, 2.45) is 0 Å². The van der Waals surface area contributed by atoms with Gasteiger partial charge in [0.1, 0.15) is 11.4 Å². The van der Waals surface area contributed by atoms with Crippen LogP contribution in [-0.4, -0.2) is 24.5 Å². The van der Waals surface area contributed by atoms with E-state index in [0.717, 1.165) is 48.4 Å². The van der Waals surface area contributed by atoms with Gasteiger partial charge in [-0.15, -0.1) is 0 Å². The fraction of sp³-hybridized carbons (Fsp3) is 0.533. The van der Waals surface area contributed by atoms with Crippen LogP contribution < -0.4 is 10.1 Å². The van der Waals surface area contributed by atoms with Gasteiger partial charge in [-0.05, 0) is 44.1 Å². The van der Waals surface area contributed by atoms with E-state index in [1.54, 1.807) is 0 Å². The van der Waals surface area contributed by atoms with E-state index in [-0.39, 0.29) is 11.4 Å². The first-order valence-corrected chi connectivity index (χ1v) is 6.64. The third-order valence-corrected chi connectivity index (χ3v) is 4.04. The average Bonchev–Trinajstić information content (AvgIpc) is 2.32. The molecule has 0 bridgehead atoms. The van der Waals surface area contributed by atoms with Gasteiger partial charge >= 0.3 is 0 Å². The Balaban J connectivity index is 2.04. The predicted molar refractivity (Wildman–Crippen MR) is 70.3 cm³/mol. The smallest absolute Gasteiger partial charge is 0.170 e. The van der Waals surface area contributed by atoms with Crippen LogP contribution in [0.1, 0.15) is 40.7 Å². The summed E-state index contributed by atoms with van der Waals surface area (Å²) in [4.78, 5) is 12.4. The fourth-order valence-corrected chi connectivity index (χ4v) is 3.10. The van der Waals surface area contributed by atoms with Gasteiger partial charge in [0.05, 0.1) is 12.0 Å². The first kappa shape index (κ1) is 11.7. The number of ether oxygens (including phenoxy) is 1. The molecular weight excluding hydrogens is 226 g/mol. The predicted octanol–water partition coefficient (Wildman–Crippen LogP) is 2.39. The Labute approximate surface area is 108 Å². The van der Waals surface area contributed by atoms with Crippen molar-refractivity contribution >= 4 is 5.78 Å². The minimum Gasteiger partial charge on any atom is -0.486 e. The monoisotopic (exact) mass is 245 g/mol. The molecule has 1 fully saturated rings. The molecule has 3 heteroatoms. The van der Waals surface area contributed by atoms with E-state index in [4.69, 9.17) is 4.74 Å². The molecule has 1 aromatic carbocycles. The highest BCUT2D eigenvalue weighted by Crippen LogP contribution is 2.40. The maximum absolute atomic E-state index is 12.4. The van der Waals surface area contributed by atoms with E-state index in [9.17, 15) is 4.79 Å². The molecule has 3 nitrogen and oxygen atoms in total. The number of fused-ring (bicyclic) bond motifs is 1. The first-order valence-electron chi connectivity index (χ1n) is 6.64. The van der Waals surface area contributed by atoms with E-state index in [1.165, 1.54) is 0 Å². The van der Waals surface area contributed by atoms with Gasteiger partial charge in [-0.3, -0.25) is 4.79 Å². The van der Waals surface area contributed by atoms with E-state index < -0.39 is 0 Å². The zero-order chi connectivity index (χ0) is 12.8. The van der Waals surface area contributed by atoms with Crippen LogP contribution in [0.5, 0.6) is 5.75 Å². The Morgan fingerprint density at radius 2 is 1.94 bits per heavy atom. The van der Waals surface area contributed by atoms with Crippen LogP contribution in [0, 0.1) is 13.8 Å². The molecular formula is C15H19NO2. The summed E-state index contributed by atoms with van der Waals surface area (Å²) in [5.74, 6) is 1.06. The molecule has 96 valence electrons. The van der Waals surface area contributed by atoms with Gasteiger partial charge in [-0.1, -0.05) is 6.07 Å². The van der Waals surface area contributed by atoms with Gasteiger partial charge in [0.2, 0.25) is 0 Å². The van der Waals surface area contributed by atoms with Crippen molar-refractivity contribution in [3.05, 3.63) is 28.8 Å². The minimum absolute atomic E-state index is 0.241. The lowest BCUT2D eigenvalue weighted by atomic mass is 9.82. The second-order valence-electron chi connectivity index (χ2n) is 5.59. The molecule has 1 aromatic rings. The Morgan fingerprint density at radius 3 is 2.67 bits per heavy atom. The highest BCUT2D eigenvalue weighted by Gasteiger charge is 2.41. The summed E-state index contributed by atoms with van der Waals surface area (Å²) in [5, 5.41) is 3.33. The molecule has 2 aliphatic heterocycles. The molecule has 0 radical (unpaired) electrons. The van der Waals surface area contributed by atoms with Crippen molar-refractivity contribution < 1.29 is 9.53 Å². The molecule has 18 heavy (non-hydrogen) atoms. The molecule has 1 N–H and O–H groups in total. The summed E-state index contributed by atoms with van der Waals surface area (Å²) in [6, 6.07) is 4.05. The summed E-state index contributed by atoms with van der Waals surface area (Å²) >= 11 is 0. The number of piperidine rings is 1. The van der Waals surface area contributed by atoms with Crippen LogP contribution in [0.4, 0.5) is 0 Å². The molecule has 3 rings (SSSR count). The molecule has 2 aliphatic rings. The lowest BCUT2D eigenvalue weighted by molar-refractivity contribution is 0.0181. The molecule has 2 heterocycles. The summed E-state index contributed by atoms with van der Waals surface area (Å²) in [5.41, 5.74) is 2.73. The lowest BCUT2D eigenvalue weighted by Gasteiger charge is -2.41. The van der Waals surface area contributed by atoms with E-state index in [1.807, 2.05) is 19.9 Å². The Hall–Kier alpha value is -1.35. The van der Waals surface area contributed by atoms with Crippen LogP contribution in [-0.2, 0) is 0 Å². The largest absolute Gasteiger partial charge is 0.486 e. The van der Waals surface area contributed by atoms with E-state index >= 15 is 0 Å². The fourth-order valence-electron chi connectivity index (χ4n) is 3.10. The summed E-state index contributed by atoms with van der Waals surface area (Å²) in [6.45, 7) is 5.93. The Bertz CT molecular complexity index is 501. The highest BCUT2D eigenvalue weighted by molar-refractivity contribution is 6.01. The number of ketones is 1. The van der Waals surface area contributed by atoms with Crippen LogP contribution in [0.2, 0.25) is 0 Å². The van der Waals surface area contributed by atoms with Crippen molar-refractivity contribution in [1.82, 2.24) is 5.32 Å². The highest BCUT2D eigenvalue weighted by atomic mass is 16.5. The molecule has 0 aromatic heterocycles. The topological polar surface area (TPSA) is 38.3 Å². The van der Waals surface area contributed by atoms with Gasteiger partial charge in [-0.25, -0.2) is 0 Å². The quantitative estimate of drug-likeness (QED) is 0.762. The zero-order valence-corrected chi connectivity index (χ0v) is 11.0. The van der Waals surface area contributed by atoms with Crippen LogP contribution in [0.25, 0.3) is 0 Å². The van der Waals surface area contributed by atoms with Gasteiger partial charge in [0.25, 0.3) is 0 Å². The van der Waals surface area contributed by atoms with Crippen molar-refractivity contribution in [2.75, 3.05) is 13.1 Å². The van der Waals surface area contributed by atoms with Crippen molar-refractivity contribution in [3.8, 4) is 5.75 Å². The van der Waals surface area contributed by atoms with Crippen molar-refractivity contribution in [3.63, 3.8) is 0 Å². The number of nitrogens with one attached hydrogen (secondary N) is 1. The number of carbonyl (C=O) groups excluding carboxylic acids is 1. The van der Waals surface area contributed by atoms with Crippen LogP contribution >= 0.6 is 0 Å². The minimum atomic E-state index is -0.255. The SMILES string of the molecule is Cc1cc(C)c2c(c1)C(=O)CC1(CCNCC1)O2. The average molecular weight is 245 g/mol. The van der Waals surface area contributed by atoms with Gasteiger partial charge in [0.15, 0.2) is 5.78 Å². The third kappa shape index (κ3) is 1.83.